The van der Waals surface area contributed by atoms with Gasteiger partial charge in [-0.25, -0.2) is 8.42 Å². The summed E-state index contributed by atoms with van der Waals surface area (Å²) in [6.07, 6.45) is 1.47. The summed E-state index contributed by atoms with van der Waals surface area (Å²) >= 11 is 0. The molecule has 0 aliphatic carbocycles. The summed E-state index contributed by atoms with van der Waals surface area (Å²) in [5, 5.41) is -0.707. The molecular weight excluding hydrogens is 244 g/mol. The van der Waals surface area contributed by atoms with Gasteiger partial charge < -0.3 is 0 Å². The summed E-state index contributed by atoms with van der Waals surface area (Å²) in [7, 11) is -3.42. The lowest BCUT2D eigenvalue weighted by Gasteiger charge is -2.14. The van der Waals surface area contributed by atoms with Crippen molar-refractivity contribution in [1.82, 2.24) is 0 Å². The SMILES string of the molecule is C=CC(c1ccccc1)S(=O)(=O)c1ccccc1. The molecule has 92 valence electrons. The Morgan fingerprint density at radius 1 is 0.889 bits per heavy atom. The molecule has 0 N–H and O–H groups in total. The molecule has 18 heavy (non-hydrogen) atoms. The molecule has 0 aliphatic heterocycles. The molecular formula is C15H14O2S. The Bertz CT molecular complexity index is 616. The lowest BCUT2D eigenvalue weighted by molar-refractivity contribution is 0.590. The molecule has 1 atom stereocenters. The standard InChI is InChI=1S/C15H14O2S/c1-2-15(13-9-5-3-6-10-13)18(16,17)14-11-7-4-8-12-14/h2-12,15H,1H2. The van der Waals surface area contributed by atoms with Crippen molar-refractivity contribution in [3.05, 3.63) is 78.9 Å². The fourth-order valence-electron chi connectivity index (χ4n) is 1.84. The number of rotatable bonds is 4. The molecule has 0 saturated heterocycles. The van der Waals surface area contributed by atoms with Crippen LogP contribution in [0.15, 0.2) is 78.2 Å². The van der Waals surface area contributed by atoms with E-state index in [2.05, 4.69) is 6.58 Å². The second-order valence-electron chi connectivity index (χ2n) is 3.93. The topological polar surface area (TPSA) is 34.1 Å². The average molecular weight is 258 g/mol. The summed E-state index contributed by atoms with van der Waals surface area (Å²) in [6.45, 7) is 3.65. The van der Waals surface area contributed by atoms with Gasteiger partial charge in [-0.1, -0.05) is 54.6 Å². The van der Waals surface area contributed by atoms with Gasteiger partial charge in [0.25, 0.3) is 0 Å². The highest BCUT2D eigenvalue weighted by atomic mass is 32.2. The minimum atomic E-state index is -3.42. The van der Waals surface area contributed by atoms with Crippen molar-refractivity contribution in [1.29, 1.82) is 0 Å². The molecule has 2 aromatic carbocycles. The maximum absolute atomic E-state index is 12.5. The Morgan fingerprint density at radius 3 is 1.89 bits per heavy atom. The highest BCUT2D eigenvalue weighted by Crippen LogP contribution is 2.29. The molecule has 0 saturated carbocycles. The molecule has 0 fully saturated rings. The molecule has 0 bridgehead atoms. The van der Waals surface area contributed by atoms with E-state index in [4.69, 9.17) is 0 Å². The van der Waals surface area contributed by atoms with E-state index in [1.54, 1.807) is 42.5 Å². The van der Waals surface area contributed by atoms with Crippen LogP contribution in [0.3, 0.4) is 0 Å². The number of sulfone groups is 1. The predicted octanol–water partition coefficient (Wildman–Crippen LogP) is 3.39. The quantitative estimate of drug-likeness (QED) is 0.788. The fraction of sp³-hybridized carbons (Fsp3) is 0.0667. The van der Waals surface area contributed by atoms with Crippen LogP contribution in [0, 0.1) is 0 Å². The van der Waals surface area contributed by atoms with Crippen LogP contribution in [0.2, 0.25) is 0 Å². The molecule has 0 aromatic heterocycles. The van der Waals surface area contributed by atoms with Crippen LogP contribution in [0.1, 0.15) is 10.8 Å². The van der Waals surface area contributed by atoms with Gasteiger partial charge in [-0.3, -0.25) is 0 Å². The van der Waals surface area contributed by atoms with Crippen LogP contribution in [-0.4, -0.2) is 8.42 Å². The largest absolute Gasteiger partial charge is 0.223 e. The second-order valence-corrected chi connectivity index (χ2v) is 5.99. The van der Waals surface area contributed by atoms with Crippen LogP contribution >= 0.6 is 0 Å². The normalized spacial score (nSPS) is 12.9. The zero-order valence-corrected chi connectivity index (χ0v) is 10.7. The Morgan fingerprint density at radius 2 is 1.39 bits per heavy atom. The molecule has 0 aliphatic rings. The second kappa shape index (κ2) is 5.19. The minimum Gasteiger partial charge on any atom is -0.223 e. The summed E-state index contributed by atoms with van der Waals surface area (Å²) in [6, 6.07) is 17.6. The highest BCUT2D eigenvalue weighted by molar-refractivity contribution is 7.91. The number of benzene rings is 2. The monoisotopic (exact) mass is 258 g/mol. The maximum Gasteiger partial charge on any atom is 0.188 e. The van der Waals surface area contributed by atoms with E-state index in [1.807, 2.05) is 18.2 Å². The van der Waals surface area contributed by atoms with E-state index in [9.17, 15) is 8.42 Å². The van der Waals surface area contributed by atoms with Crippen LogP contribution in [0.4, 0.5) is 0 Å². The summed E-state index contributed by atoms with van der Waals surface area (Å²) < 4.78 is 25.0. The van der Waals surface area contributed by atoms with E-state index in [0.29, 0.717) is 4.90 Å². The van der Waals surface area contributed by atoms with E-state index in [0.717, 1.165) is 5.56 Å². The summed E-state index contributed by atoms with van der Waals surface area (Å²) in [5.41, 5.74) is 0.733. The average Bonchev–Trinajstić information content (AvgIpc) is 2.41. The molecule has 1 unspecified atom stereocenters. The van der Waals surface area contributed by atoms with Crippen molar-refractivity contribution in [2.45, 2.75) is 10.1 Å². The predicted molar refractivity (Wildman–Crippen MR) is 73.0 cm³/mol. The van der Waals surface area contributed by atoms with Gasteiger partial charge in [-0.15, -0.1) is 6.58 Å². The van der Waals surface area contributed by atoms with E-state index >= 15 is 0 Å². The van der Waals surface area contributed by atoms with Crippen molar-refractivity contribution < 1.29 is 8.42 Å². The van der Waals surface area contributed by atoms with Gasteiger partial charge >= 0.3 is 0 Å². The van der Waals surface area contributed by atoms with Crippen LogP contribution in [0.5, 0.6) is 0 Å². The van der Waals surface area contributed by atoms with Gasteiger partial charge in [0.05, 0.1) is 4.90 Å². The van der Waals surface area contributed by atoms with Crippen LogP contribution in [-0.2, 0) is 9.84 Å². The first-order chi connectivity index (χ1) is 8.66. The van der Waals surface area contributed by atoms with E-state index in [-0.39, 0.29) is 0 Å². The van der Waals surface area contributed by atoms with Gasteiger partial charge in [0.2, 0.25) is 0 Å². The first-order valence-corrected chi connectivity index (χ1v) is 7.17. The molecule has 0 heterocycles. The zero-order valence-electron chi connectivity index (χ0n) is 9.86. The summed E-state index contributed by atoms with van der Waals surface area (Å²) in [5.74, 6) is 0. The summed E-state index contributed by atoms with van der Waals surface area (Å²) in [4.78, 5) is 0.318. The molecule has 2 aromatic rings. The molecule has 3 heteroatoms. The minimum absolute atomic E-state index is 0.318. The molecule has 2 nitrogen and oxygen atoms in total. The molecule has 0 amide bonds. The first kappa shape index (κ1) is 12.6. The molecule has 0 radical (unpaired) electrons. The Balaban J connectivity index is 2.49. The number of hydrogen-bond acceptors (Lipinski definition) is 2. The van der Waals surface area contributed by atoms with Gasteiger partial charge in [0.15, 0.2) is 9.84 Å². The van der Waals surface area contributed by atoms with Crippen LogP contribution < -0.4 is 0 Å². The smallest absolute Gasteiger partial charge is 0.188 e. The van der Waals surface area contributed by atoms with Gasteiger partial charge in [0.1, 0.15) is 5.25 Å². The third-order valence-corrected chi connectivity index (χ3v) is 4.81. The number of hydrogen-bond donors (Lipinski definition) is 0. The molecule has 2 rings (SSSR count). The fourth-order valence-corrected chi connectivity index (χ4v) is 3.44. The van der Waals surface area contributed by atoms with Crippen molar-refractivity contribution in [3.63, 3.8) is 0 Å². The Labute approximate surface area is 108 Å². The van der Waals surface area contributed by atoms with Gasteiger partial charge in [0, 0.05) is 0 Å². The van der Waals surface area contributed by atoms with Gasteiger partial charge in [-0.2, -0.15) is 0 Å². The highest BCUT2D eigenvalue weighted by Gasteiger charge is 2.25. The van der Waals surface area contributed by atoms with E-state index < -0.39 is 15.1 Å². The lowest BCUT2D eigenvalue weighted by atomic mass is 10.1. The van der Waals surface area contributed by atoms with Crippen molar-refractivity contribution in [2.24, 2.45) is 0 Å². The van der Waals surface area contributed by atoms with Crippen LogP contribution in [0.25, 0.3) is 0 Å². The van der Waals surface area contributed by atoms with Crippen molar-refractivity contribution in [2.75, 3.05) is 0 Å². The third kappa shape index (κ3) is 2.36. The third-order valence-electron chi connectivity index (χ3n) is 2.75. The Hall–Kier alpha value is -1.87. The zero-order chi connectivity index (χ0) is 13.0. The van der Waals surface area contributed by atoms with Crippen molar-refractivity contribution >= 4 is 9.84 Å². The van der Waals surface area contributed by atoms with E-state index in [1.165, 1.54) is 6.08 Å². The van der Waals surface area contributed by atoms with Crippen molar-refractivity contribution in [3.8, 4) is 0 Å². The molecule has 0 spiro atoms. The van der Waals surface area contributed by atoms with Gasteiger partial charge in [-0.05, 0) is 17.7 Å². The Kier molecular flexibility index (Phi) is 3.63. The lowest BCUT2D eigenvalue weighted by Crippen LogP contribution is -2.11. The first-order valence-electron chi connectivity index (χ1n) is 5.62. The maximum atomic E-state index is 12.5.